The van der Waals surface area contributed by atoms with Crippen molar-refractivity contribution in [2.24, 2.45) is 4.99 Å². The number of nitrogens with zero attached hydrogens (tertiary/aromatic N) is 1. The molecule has 0 N–H and O–H groups in total. The van der Waals surface area contributed by atoms with Crippen LogP contribution in [0.5, 0.6) is 5.75 Å². The second-order valence-corrected chi connectivity index (χ2v) is 5.36. The number of hydrogen-bond acceptors (Lipinski definition) is 3. The van der Waals surface area contributed by atoms with Crippen LogP contribution in [0.25, 0.3) is 0 Å². The molecule has 1 aromatic carbocycles. The Morgan fingerprint density at radius 2 is 2.05 bits per heavy atom. The van der Waals surface area contributed by atoms with Gasteiger partial charge in [0.25, 0.3) is 0 Å². The minimum absolute atomic E-state index is 0.00252. The molecule has 1 aliphatic rings. The molecule has 1 saturated carbocycles. The first kappa shape index (κ1) is 14.2. The molecule has 0 aromatic heterocycles. The summed E-state index contributed by atoms with van der Waals surface area (Å²) in [5, 5.41) is 0. The maximum Gasteiger partial charge on any atom is 0.235 e. The third-order valence-electron chi connectivity index (χ3n) is 3.49. The molecular weight excluding hydrogens is 320 g/mol. The van der Waals surface area contributed by atoms with Crippen LogP contribution in [-0.4, -0.2) is 13.2 Å². The second kappa shape index (κ2) is 5.39. The first-order valence-corrected chi connectivity index (χ1v) is 6.66. The summed E-state index contributed by atoms with van der Waals surface area (Å²) in [5.41, 5.74) is -1.07. The van der Waals surface area contributed by atoms with Gasteiger partial charge in [-0.05, 0) is 34.8 Å². The Kier molecular flexibility index (Phi) is 4.02. The molecule has 19 heavy (non-hydrogen) atoms. The number of rotatable bonds is 3. The van der Waals surface area contributed by atoms with Crippen LogP contribution in [0.4, 0.5) is 8.78 Å². The SMILES string of the molecule is COc1c(F)cc(Br)c(F)c1C1(N=C=O)CCCC1. The van der Waals surface area contributed by atoms with Crippen molar-refractivity contribution in [3.05, 3.63) is 27.7 Å². The topological polar surface area (TPSA) is 38.7 Å². The van der Waals surface area contributed by atoms with Crippen molar-refractivity contribution in [3.63, 3.8) is 0 Å². The zero-order valence-electron chi connectivity index (χ0n) is 10.3. The Labute approximate surface area is 117 Å². The van der Waals surface area contributed by atoms with Gasteiger partial charge in [0.1, 0.15) is 11.4 Å². The largest absolute Gasteiger partial charge is 0.493 e. The van der Waals surface area contributed by atoms with Gasteiger partial charge < -0.3 is 4.74 Å². The summed E-state index contributed by atoms with van der Waals surface area (Å²) in [5.74, 6) is -1.51. The number of benzene rings is 1. The van der Waals surface area contributed by atoms with E-state index in [0.29, 0.717) is 12.8 Å². The first-order valence-electron chi connectivity index (χ1n) is 5.87. The van der Waals surface area contributed by atoms with Crippen molar-refractivity contribution in [3.8, 4) is 5.75 Å². The Morgan fingerprint density at radius 1 is 1.42 bits per heavy atom. The van der Waals surface area contributed by atoms with Gasteiger partial charge in [0.2, 0.25) is 6.08 Å². The van der Waals surface area contributed by atoms with Gasteiger partial charge in [0.05, 0.1) is 17.1 Å². The highest BCUT2D eigenvalue weighted by Crippen LogP contribution is 2.48. The highest BCUT2D eigenvalue weighted by Gasteiger charge is 2.42. The average molecular weight is 332 g/mol. The summed E-state index contributed by atoms with van der Waals surface area (Å²) in [6.07, 6.45) is 4.02. The number of ether oxygens (including phenoxy) is 1. The van der Waals surface area contributed by atoms with Crippen molar-refractivity contribution < 1.29 is 18.3 Å². The zero-order chi connectivity index (χ0) is 14.0. The lowest BCUT2D eigenvalue weighted by atomic mass is 9.87. The van der Waals surface area contributed by atoms with E-state index in [4.69, 9.17) is 4.74 Å². The molecule has 0 atom stereocenters. The van der Waals surface area contributed by atoms with Crippen LogP contribution in [0, 0.1) is 11.6 Å². The van der Waals surface area contributed by atoms with Crippen LogP contribution in [0.1, 0.15) is 31.2 Å². The van der Waals surface area contributed by atoms with Crippen molar-refractivity contribution in [2.75, 3.05) is 7.11 Å². The van der Waals surface area contributed by atoms with E-state index < -0.39 is 17.2 Å². The van der Waals surface area contributed by atoms with Gasteiger partial charge >= 0.3 is 0 Å². The molecule has 0 spiro atoms. The van der Waals surface area contributed by atoms with Crippen molar-refractivity contribution in [1.82, 2.24) is 0 Å². The van der Waals surface area contributed by atoms with E-state index in [1.54, 1.807) is 0 Å². The molecule has 1 aliphatic carbocycles. The standard InChI is InChI=1S/C13H12BrF2NO2/c1-19-12-9(15)6-8(14)11(16)10(12)13(17-7-18)4-2-3-5-13/h6H,2-5H2,1H3. The maximum atomic E-state index is 14.4. The molecule has 0 amide bonds. The molecule has 6 heteroatoms. The summed E-state index contributed by atoms with van der Waals surface area (Å²) in [4.78, 5) is 14.4. The van der Waals surface area contributed by atoms with Crippen LogP contribution in [0.15, 0.2) is 15.5 Å². The lowest BCUT2D eigenvalue weighted by molar-refractivity contribution is 0.344. The predicted octanol–water partition coefficient (Wildman–Crippen LogP) is 3.84. The molecule has 0 unspecified atom stereocenters. The van der Waals surface area contributed by atoms with E-state index in [-0.39, 0.29) is 15.8 Å². The summed E-state index contributed by atoms with van der Waals surface area (Å²) < 4.78 is 33.2. The van der Waals surface area contributed by atoms with Crippen molar-refractivity contribution in [1.29, 1.82) is 0 Å². The summed E-state index contributed by atoms with van der Waals surface area (Å²) in [6, 6.07) is 1.00. The molecule has 0 aliphatic heterocycles. The van der Waals surface area contributed by atoms with Gasteiger partial charge in [-0.1, -0.05) is 12.8 Å². The van der Waals surface area contributed by atoms with Gasteiger partial charge in [-0.25, -0.2) is 13.6 Å². The number of methoxy groups -OCH3 is 1. The number of isocyanates is 1. The average Bonchev–Trinajstić information content (AvgIpc) is 2.83. The summed E-state index contributed by atoms with van der Waals surface area (Å²) >= 11 is 2.97. The monoisotopic (exact) mass is 331 g/mol. The number of aliphatic imine (C=N–C) groups is 1. The minimum Gasteiger partial charge on any atom is -0.493 e. The van der Waals surface area contributed by atoms with E-state index in [9.17, 15) is 13.6 Å². The van der Waals surface area contributed by atoms with Crippen LogP contribution in [0.3, 0.4) is 0 Å². The maximum absolute atomic E-state index is 14.4. The number of hydrogen-bond donors (Lipinski definition) is 0. The third-order valence-corrected chi connectivity index (χ3v) is 4.06. The van der Waals surface area contributed by atoms with Gasteiger partial charge in [0.15, 0.2) is 11.6 Å². The molecule has 0 saturated heterocycles. The normalized spacial score (nSPS) is 17.1. The predicted molar refractivity (Wildman–Crippen MR) is 68.9 cm³/mol. The molecule has 1 aromatic rings. The van der Waals surface area contributed by atoms with E-state index in [1.165, 1.54) is 13.2 Å². The molecule has 2 rings (SSSR count). The van der Waals surface area contributed by atoms with Gasteiger partial charge in [-0.15, -0.1) is 0 Å². The minimum atomic E-state index is -1.07. The Bertz CT molecular complexity index is 550. The summed E-state index contributed by atoms with van der Waals surface area (Å²) in [6.45, 7) is 0. The highest BCUT2D eigenvalue weighted by molar-refractivity contribution is 9.10. The summed E-state index contributed by atoms with van der Waals surface area (Å²) in [7, 11) is 1.27. The van der Waals surface area contributed by atoms with Crippen LogP contribution >= 0.6 is 15.9 Å². The van der Waals surface area contributed by atoms with Crippen LogP contribution in [-0.2, 0) is 10.3 Å². The van der Waals surface area contributed by atoms with Gasteiger partial charge in [-0.2, -0.15) is 4.99 Å². The number of carbonyl (C=O) groups excluding carboxylic acids is 1. The molecular formula is C13H12BrF2NO2. The fourth-order valence-electron chi connectivity index (χ4n) is 2.66. The molecule has 0 bridgehead atoms. The van der Waals surface area contributed by atoms with E-state index in [2.05, 4.69) is 20.9 Å². The number of halogens is 3. The van der Waals surface area contributed by atoms with E-state index >= 15 is 0 Å². The molecule has 0 radical (unpaired) electrons. The van der Waals surface area contributed by atoms with Gasteiger partial charge in [0, 0.05) is 0 Å². The Morgan fingerprint density at radius 3 is 2.58 bits per heavy atom. The highest BCUT2D eigenvalue weighted by atomic mass is 79.9. The zero-order valence-corrected chi connectivity index (χ0v) is 11.9. The molecule has 1 fully saturated rings. The van der Waals surface area contributed by atoms with Crippen molar-refractivity contribution in [2.45, 2.75) is 31.2 Å². The van der Waals surface area contributed by atoms with Gasteiger partial charge in [-0.3, -0.25) is 0 Å². The smallest absolute Gasteiger partial charge is 0.235 e. The molecule has 3 nitrogen and oxygen atoms in total. The second-order valence-electron chi connectivity index (χ2n) is 4.50. The Balaban J connectivity index is 2.75. The quantitative estimate of drug-likeness (QED) is 0.479. The molecule has 0 heterocycles. The lowest BCUT2D eigenvalue weighted by Gasteiger charge is -2.26. The van der Waals surface area contributed by atoms with Crippen LogP contribution in [0.2, 0.25) is 0 Å². The van der Waals surface area contributed by atoms with E-state index in [0.717, 1.165) is 18.9 Å². The Hall–Kier alpha value is -1.26. The first-order chi connectivity index (χ1) is 9.05. The molecule has 102 valence electrons. The van der Waals surface area contributed by atoms with E-state index in [1.807, 2.05) is 0 Å². The lowest BCUT2D eigenvalue weighted by Crippen LogP contribution is -2.22. The fraction of sp³-hybridized carbons (Fsp3) is 0.462. The van der Waals surface area contributed by atoms with Crippen LogP contribution < -0.4 is 4.74 Å². The van der Waals surface area contributed by atoms with Crippen molar-refractivity contribution >= 4 is 22.0 Å². The third kappa shape index (κ3) is 2.30. The fourth-order valence-corrected chi connectivity index (χ4v) is 3.06.